The Morgan fingerprint density at radius 3 is 1.90 bits per heavy atom. The lowest BCUT2D eigenvalue weighted by molar-refractivity contribution is 0.00578. The summed E-state index contributed by atoms with van der Waals surface area (Å²) in [6, 6.07) is 8.72. The Morgan fingerprint density at radius 1 is 1.00 bits per heavy atom. The Bertz CT molecular complexity index is 466. The zero-order valence-corrected chi connectivity index (χ0v) is 14.4. The van der Waals surface area contributed by atoms with E-state index in [2.05, 4.69) is 77.9 Å². The van der Waals surface area contributed by atoms with Gasteiger partial charge in [0.2, 0.25) is 0 Å². The smallest absolute Gasteiger partial charge is 0.403 e. The monoisotopic (exact) mass is 289 g/mol. The molecular formula is C17H28BNO2. The topological polar surface area (TPSA) is 21.7 Å². The molecule has 1 aliphatic heterocycles. The van der Waals surface area contributed by atoms with Crippen molar-refractivity contribution in [1.29, 1.82) is 0 Å². The van der Waals surface area contributed by atoms with Crippen LogP contribution in [0.2, 0.25) is 6.32 Å². The lowest BCUT2D eigenvalue weighted by Gasteiger charge is -2.32. The van der Waals surface area contributed by atoms with E-state index >= 15 is 0 Å². The molecule has 0 aromatic heterocycles. The van der Waals surface area contributed by atoms with Crippen molar-refractivity contribution < 1.29 is 9.31 Å². The number of benzene rings is 1. The third kappa shape index (κ3) is 3.43. The van der Waals surface area contributed by atoms with Crippen LogP contribution in [0.25, 0.3) is 0 Å². The Labute approximate surface area is 129 Å². The molecule has 116 valence electrons. The van der Waals surface area contributed by atoms with E-state index < -0.39 is 0 Å². The summed E-state index contributed by atoms with van der Waals surface area (Å²) >= 11 is 0. The summed E-state index contributed by atoms with van der Waals surface area (Å²) in [6.07, 6.45) is 0.883. The van der Waals surface area contributed by atoms with Gasteiger partial charge in [-0.15, -0.1) is 0 Å². The summed E-state index contributed by atoms with van der Waals surface area (Å²) in [5.74, 6) is 0.413. The molecule has 1 aromatic carbocycles. The first-order chi connectivity index (χ1) is 9.62. The zero-order valence-electron chi connectivity index (χ0n) is 14.4. The van der Waals surface area contributed by atoms with Gasteiger partial charge in [0.25, 0.3) is 0 Å². The molecule has 1 saturated heterocycles. The van der Waals surface area contributed by atoms with E-state index in [-0.39, 0.29) is 18.3 Å². The van der Waals surface area contributed by atoms with Gasteiger partial charge in [0.15, 0.2) is 0 Å². The van der Waals surface area contributed by atoms with Crippen molar-refractivity contribution in [2.75, 3.05) is 19.0 Å². The molecule has 1 aliphatic rings. The van der Waals surface area contributed by atoms with Gasteiger partial charge in [-0.2, -0.15) is 0 Å². The summed E-state index contributed by atoms with van der Waals surface area (Å²) in [4.78, 5) is 2.11. The van der Waals surface area contributed by atoms with Crippen molar-refractivity contribution in [2.24, 2.45) is 0 Å². The predicted molar refractivity (Wildman–Crippen MR) is 90.1 cm³/mol. The zero-order chi connectivity index (χ0) is 15.8. The van der Waals surface area contributed by atoms with E-state index in [0.29, 0.717) is 5.92 Å². The van der Waals surface area contributed by atoms with Crippen LogP contribution in [-0.2, 0) is 9.31 Å². The average molecular weight is 289 g/mol. The first-order valence-electron chi connectivity index (χ1n) is 7.75. The molecule has 1 unspecified atom stereocenters. The van der Waals surface area contributed by atoms with Crippen molar-refractivity contribution in [1.82, 2.24) is 0 Å². The van der Waals surface area contributed by atoms with Crippen LogP contribution in [0, 0.1) is 0 Å². The van der Waals surface area contributed by atoms with E-state index in [1.807, 2.05) is 0 Å². The molecule has 0 spiro atoms. The number of rotatable bonds is 4. The number of anilines is 1. The quantitative estimate of drug-likeness (QED) is 0.783. The molecule has 1 heterocycles. The van der Waals surface area contributed by atoms with Crippen LogP contribution < -0.4 is 4.90 Å². The van der Waals surface area contributed by atoms with Gasteiger partial charge in [-0.05, 0) is 57.6 Å². The maximum absolute atomic E-state index is 6.09. The second-order valence-corrected chi connectivity index (χ2v) is 7.31. The van der Waals surface area contributed by atoms with Gasteiger partial charge >= 0.3 is 7.12 Å². The highest BCUT2D eigenvalue weighted by atomic mass is 16.7. The highest BCUT2D eigenvalue weighted by Crippen LogP contribution is 2.39. The third-order valence-corrected chi connectivity index (χ3v) is 4.83. The lowest BCUT2D eigenvalue weighted by atomic mass is 9.75. The maximum Gasteiger partial charge on any atom is 0.458 e. The first-order valence-corrected chi connectivity index (χ1v) is 7.75. The molecule has 0 N–H and O–H groups in total. The minimum Gasteiger partial charge on any atom is -0.403 e. The fraction of sp³-hybridized carbons (Fsp3) is 0.647. The van der Waals surface area contributed by atoms with Crippen LogP contribution in [0.1, 0.15) is 46.1 Å². The highest BCUT2D eigenvalue weighted by Gasteiger charge is 2.51. The molecule has 1 aromatic rings. The van der Waals surface area contributed by atoms with Crippen LogP contribution in [0.15, 0.2) is 24.3 Å². The van der Waals surface area contributed by atoms with Gasteiger partial charge in [0.05, 0.1) is 11.2 Å². The summed E-state index contributed by atoms with van der Waals surface area (Å²) < 4.78 is 12.2. The fourth-order valence-electron chi connectivity index (χ4n) is 2.59. The van der Waals surface area contributed by atoms with E-state index in [0.717, 1.165) is 6.32 Å². The molecule has 1 fully saturated rings. The molecule has 0 saturated carbocycles. The standard InChI is InChI=1S/C17H28BNO2/c1-13(14-8-10-15(11-9-14)19(6)7)12-18-20-16(2,3)17(4,5)21-18/h8-11,13H,12H2,1-7H3. The van der Waals surface area contributed by atoms with Crippen molar-refractivity contribution in [2.45, 2.75) is 58.1 Å². The molecule has 4 heteroatoms. The van der Waals surface area contributed by atoms with Crippen LogP contribution in [0.5, 0.6) is 0 Å². The van der Waals surface area contributed by atoms with Gasteiger partial charge in [0, 0.05) is 19.8 Å². The van der Waals surface area contributed by atoms with Gasteiger partial charge in [0.1, 0.15) is 0 Å². The molecule has 3 nitrogen and oxygen atoms in total. The lowest BCUT2D eigenvalue weighted by Crippen LogP contribution is -2.41. The summed E-state index contributed by atoms with van der Waals surface area (Å²) in [5.41, 5.74) is 2.06. The minimum atomic E-state index is -0.244. The third-order valence-electron chi connectivity index (χ3n) is 4.83. The molecule has 21 heavy (non-hydrogen) atoms. The van der Waals surface area contributed by atoms with Crippen molar-refractivity contribution >= 4 is 12.8 Å². The normalized spacial score (nSPS) is 21.4. The van der Waals surface area contributed by atoms with Gasteiger partial charge in [-0.3, -0.25) is 0 Å². The van der Waals surface area contributed by atoms with E-state index in [4.69, 9.17) is 9.31 Å². The average Bonchev–Trinajstić information content (AvgIpc) is 2.57. The Kier molecular flexibility index (Phi) is 4.41. The van der Waals surface area contributed by atoms with Gasteiger partial charge in [-0.1, -0.05) is 19.1 Å². The SMILES string of the molecule is CC(CB1OC(C)(C)C(C)(C)O1)c1ccc(N(C)C)cc1. The van der Waals surface area contributed by atoms with Crippen LogP contribution in [0.4, 0.5) is 5.69 Å². The van der Waals surface area contributed by atoms with Crippen molar-refractivity contribution in [3.63, 3.8) is 0 Å². The first kappa shape index (κ1) is 16.4. The molecule has 0 aliphatic carbocycles. The predicted octanol–water partition coefficient (Wildman–Crippen LogP) is 3.95. The van der Waals surface area contributed by atoms with Crippen LogP contribution in [-0.4, -0.2) is 32.4 Å². The molecule has 0 amide bonds. The molecule has 0 radical (unpaired) electrons. The highest BCUT2D eigenvalue weighted by molar-refractivity contribution is 6.45. The number of hydrogen-bond acceptors (Lipinski definition) is 3. The molecule has 0 bridgehead atoms. The molecule has 2 rings (SSSR count). The fourth-order valence-corrected chi connectivity index (χ4v) is 2.59. The summed E-state index contributed by atoms with van der Waals surface area (Å²) in [6.45, 7) is 10.6. The summed E-state index contributed by atoms with van der Waals surface area (Å²) in [7, 11) is 3.99. The summed E-state index contributed by atoms with van der Waals surface area (Å²) in [5, 5.41) is 0. The van der Waals surface area contributed by atoms with E-state index in [1.165, 1.54) is 11.3 Å². The van der Waals surface area contributed by atoms with E-state index in [9.17, 15) is 0 Å². The second kappa shape index (κ2) is 5.66. The molecular weight excluding hydrogens is 261 g/mol. The van der Waals surface area contributed by atoms with Crippen LogP contribution in [0.3, 0.4) is 0 Å². The van der Waals surface area contributed by atoms with Gasteiger partial charge < -0.3 is 14.2 Å². The van der Waals surface area contributed by atoms with Crippen molar-refractivity contribution in [3.05, 3.63) is 29.8 Å². The molecule has 1 atom stereocenters. The van der Waals surface area contributed by atoms with Crippen LogP contribution >= 0.6 is 0 Å². The maximum atomic E-state index is 6.09. The largest absolute Gasteiger partial charge is 0.458 e. The Morgan fingerprint density at radius 2 is 1.48 bits per heavy atom. The second-order valence-electron chi connectivity index (χ2n) is 7.31. The van der Waals surface area contributed by atoms with Crippen molar-refractivity contribution in [3.8, 4) is 0 Å². The van der Waals surface area contributed by atoms with Gasteiger partial charge in [-0.25, -0.2) is 0 Å². The van der Waals surface area contributed by atoms with E-state index in [1.54, 1.807) is 0 Å². The Balaban J connectivity index is 2.01. The number of nitrogens with zero attached hydrogens (tertiary/aromatic N) is 1. The number of hydrogen-bond donors (Lipinski definition) is 0. The minimum absolute atomic E-state index is 0.126. The Hall–Kier alpha value is -0.995.